The highest BCUT2D eigenvalue weighted by Gasteiger charge is 2.05. The summed E-state index contributed by atoms with van der Waals surface area (Å²) in [6.07, 6.45) is 4.16. The monoisotopic (exact) mass is 442 g/mol. The number of nitrogens with one attached hydrogen (secondary N) is 2. The average Bonchev–Trinajstić information content (AvgIpc) is 3.06. The molecule has 1 aromatic heterocycles. The summed E-state index contributed by atoms with van der Waals surface area (Å²) in [7, 11) is 1.77. The number of guanidine groups is 1. The van der Waals surface area contributed by atoms with Gasteiger partial charge in [0.15, 0.2) is 5.96 Å². The van der Waals surface area contributed by atoms with E-state index in [0.29, 0.717) is 6.54 Å². The van der Waals surface area contributed by atoms with Crippen LogP contribution in [0.3, 0.4) is 0 Å². The van der Waals surface area contributed by atoms with Gasteiger partial charge in [-0.25, -0.2) is 0 Å². The van der Waals surface area contributed by atoms with Crippen LogP contribution in [-0.4, -0.2) is 36.8 Å². The van der Waals surface area contributed by atoms with E-state index < -0.39 is 0 Å². The summed E-state index contributed by atoms with van der Waals surface area (Å²) < 4.78 is 8.01. The molecule has 0 saturated carbocycles. The molecule has 0 aliphatic rings. The molecule has 1 heterocycles. The Balaban J connectivity index is 0.00000288. The van der Waals surface area contributed by atoms with Crippen molar-refractivity contribution < 1.29 is 4.74 Å². The molecule has 0 amide bonds. The molecule has 2 aromatic rings. The molecular formula is C18H27IN4O. The van der Waals surface area contributed by atoms with Crippen molar-refractivity contribution in [3.63, 3.8) is 0 Å². The predicted octanol–water partition coefficient (Wildman–Crippen LogP) is 3.05. The fraction of sp³-hybridized carbons (Fsp3) is 0.389. The van der Waals surface area contributed by atoms with Crippen molar-refractivity contribution in [1.82, 2.24) is 15.2 Å². The Bertz CT molecular complexity index is 596. The van der Waals surface area contributed by atoms with E-state index in [-0.39, 0.29) is 30.1 Å². The van der Waals surface area contributed by atoms with Gasteiger partial charge in [0.2, 0.25) is 0 Å². The lowest BCUT2D eigenvalue weighted by Crippen LogP contribution is -2.42. The van der Waals surface area contributed by atoms with E-state index in [2.05, 4.69) is 51.6 Å². The quantitative estimate of drug-likeness (QED) is 0.394. The fourth-order valence-electron chi connectivity index (χ4n) is 2.17. The van der Waals surface area contributed by atoms with E-state index in [4.69, 9.17) is 4.74 Å². The lowest BCUT2D eigenvalue weighted by molar-refractivity contribution is 0.224. The first-order valence-corrected chi connectivity index (χ1v) is 7.96. The first kappa shape index (κ1) is 20.3. The Morgan fingerprint density at radius 2 is 1.83 bits per heavy atom. The third kappa shape index (κ3) is 7.25. The highest BCUT2D eigenvalue weighted by atomic mass is 127. The summed E-state index contributed by atoms with van der Waals surface area (Å²) >= 11 is 0. The van der Waals surface area contributed by atoms with Crippen LogP contribution in [0, 0.1) is 6.92 Å². The second-order valence-corrected chi connectivity index (χ2v) is 5.54. The molecule has 1 atom stereocenters. The summed E-state index contributed by atoms with van der Waals surface area (Å²) in [5.74, 6) is 1.68. The summed E-state index contributed by atoms with van der Waals surface area (Å²) in [4.78, 5) is 4.23. The molecule has 0 fully saturated rings. The fourth-order valence-corrected chi connectivity index (χ4v) is 2.17. The lowest BCUT2D eigenvalue weighted by Gasteiger charge is -2.18. The van der Waals surface area contributed by atoms with Gasteiger partial charge in [-0.05, 0) is 38.1 Å². The Morgan fingerprint density at radius 3 is 2.46 bits per heavy atom. The van der Waals surface area contributed by atoms with Crippen molar-refractivity contribution in [2.45, 2.75) is 26.5 Å². The SMILES string of the molecule is CN=C(NCCn1cccc1)NCC(C)Oc1ccc(C)cc1.I. The minimum atomic E-state index is 0. The normalized spacial score (nSPS) is 12.2. The zero-order valence-corrected chi connectivity index (χ0v) is 16.9. The molecule has 0 bridgehead atoms. The highest BCUT2D eigenvalue weighted by Crippen LogP contribution is 2.12. The van der Waals surface area contributed by atoms with Crippen LogP contribution in [0.5, 0.6) is 5.75 Å². The molecule has 1 unspecified atom stereocenters. The standard InChI is InChI=1S/C18H26N4O.HI/c1-15-6-8-17(9-7-15)23-16(2)14-21-18(19-3)20-10-13-22-11-4-5-12-22;/h4-9,11-12,16H,10,13-14H2,1-3H3,(H2,19,20,21);1H. The van der Waals surface area contributed by atoms with E-state index in [1.807, 2.05) is 31.2 Å². The topological polar surface area (TPSA) is 50.6 Å². The van der Waals surface area contributed by atoms with E-state index in [0.717, 1.165) is 24.8 Å². The Labute approximate surface area is 161 Å². The maximum atomic E-state index is 5.88. The maximum Gasteiger partial charge on any atom is 0.191 e. The third-order valence-corrected chi connectivity index (χ3v) is 3.47. The molecule has 132 valence electrons. The predicted molar refractivity (Wildman–Crippen MR) is 110 cm³/mol. The van der Waals surface area contributed by atoms with Crippen LogP contribution in [0.1, 0.15) is 12.5 Å². The average molecular weight is 442 g/mol. The molecule has 2 N–H and O–H groups in total. The largest absolute Gasteiger partial charge is 0.489 e. The van der Waals surface area contributed by atoms with Gasteiger partial charge >= 0.3 is 0 Å². The van der Waals surface area contributed by atoms with Crippen LogP contribution in [0.25, 0.3) is 0 Å². The zero-order valence-electron chi connectivity index (χ0n) is 14.5. The molecule has 0 spiro atoms. The van der Waals surface area contributed by atoms with Gasteiger partial charge in [-0.15, -0.1) is 24.0 Å². The van der Waals surface area contributed by atoms with Crippen molar-refractivity contribution in [1.29, 1.82) is 0 Å². The molecule has 5 nitrogen and oxygen atoms in total. The molecule has 0 radical (unpaired) electrons. The number of aliphatic imine (C=N–C) groups is 1. The van der Waals surface area contributed by atoms with E-state index in [1.165, 1.54) is 5.56 Å². The first-order chi connectivity index (χ1) is 11.2. The number of hydrogen-bond donors (Lipinski definition) is 2. The summed E-state index contributed by atoms with van der Waals surface area (Å²) in [6.45, 7) is 6.53. The molecular weight excluding hydrogens is 415 g/mol. The molecule has 0 saturated heterocycles. The van der Waals surface area contributed by atoms with Crippen molar-refractivity contribution in [2.24, 2.45) is 4.99 Å². The minimum absolute atomic E-state index is 0. The second kappa shape index (κ2) is 11.0. The van der Waals surface area contributed by atoms with Gasteiger partial charge in [-0.1, -0.05) is 17.7 Å². The van der Waals surface area contributed by atoms with Crippen LogP contribution in [0.2, 0.25) is 0 Å². The van der Waals surface area contributed by atoms with E-state index >= 15 is 0 Å². The number of nitrogens with zero attached hydrogens (tertiary/aromatic N) is 2. The number of benzene rings is 1. The molecule has 0 aliphatic heterocycles. The van der Waals surface area contributed by atoms with Gasteiger partial charge in [-0.3, -0.25) is 4.99 Å². The van der Waals surface area contributed by atoms with Gasteiger partial charge < -0.3 is 19.9 Å². The maximum absolute atomic E-state index is 5.88. The second-order valence-electron chi connectivity index (χ2n) is 5.54. The smallest absolute Gasteiger partial charge is 0.191 e. The number of rotatable bonds is 7. The van der Waals surface area contributed by atoms with E-state index in [9.17, 15) is 0 Å². The van der Waals surface area contributed by atoms with E-state index in [1.54, 1.807) is 7.05 Å². The van der Waals surface area contributed by atoms with Gasteiger partial charge in [0.05, 0.1) is 6.54 Å². The number of aromatic nitrogens is 1. The van der Waals surface area contributed by atoms with Gasteiger partial charge in [0, 0.05) is 32.5 Å². The number of hydrogen-bond acceptors (Lipinski definition) is 2. The van der Waals surface area contributed by atoms with Crippen molar-refractivity contribution >= 4 is 29.9 Å². The Kier molecular flexibility index (Phi) is 9.29. The van der Waals surface area contributed by atoms with Crippen molar-refractivity contribution in [3.05, 3.63) is 54.4 Å². The minimum Gasteiger partial charge on any atom is -0.489 e. The number of halogens is 1. The Morgan fingerprint density at radius 1 is 1.17 bits per heavy atom. The molecule has 2 rings (SSSR count). The van der Waals surface area contributed by atoms with Crippen LogP contribution in [0.15, 0.2) is 53.8 Å². The first-order valence-electron chi connectivity index (χ1n) is 7.96. The van der Waals surface area contributed by atoms with Crippen LogP contribution in [0.4, 0.5) is 0 Å². The number of ether oxygens (including phenoxy) is 1. The van der Waals surface area contributed by atoms with Gasteiger partial charge in [-0.2, -0.15) is 0 Å². The van der Waals surface area contributed by atoms with Gasteiger partial charge in [0.1, 0.15) is 11.9 Å². The molecule has 6 heteroatoms. The van der Waals surface area contributed by atoms with Gasteiger partial charge in [0.25, 0.3) is 0 Å². The Hall–Kier alpha value is -1.70. The van der Waals surface area contributed by atoms with Crippen LogP contribution < -0.4 is 15.4 Å². The molecule has 1 aromatic carbocycles. The molecule has 24 heavy (non-hydrogen) atoms. The highest BCUT2D eigenvalue weighted by molar-refractivity contribution is 14.0. The lowest BCUT2D eigenvalue weighted by atomic mass is 10.2. The summed E-state index contributed by atoms with van der Waals surface area (Å²) in [5.41, 5.74) is 1.23. The van der Waals surface area contributed by atoms with Crippen LogP contribution in [-0.2, 0) is 6.54 Å². The molecule has 0 aliphatic carbocycles. The summed E-state index contributed by atoms with van der Waals surface area (Å²) in [6, 6.07) is 12.1. The third-order valence-electron chi connectivity index (χ3n) is 3.47. The number of aryl methyl sites for hydroxylation is 1. The summed E-state index contributed by atoms with van der Waals surface area (Å²) in [5, 5.41) is 6.58. The van der Waals surface area contributed by atoms with Crippen LogP contribution >= 0.6 is 24.0 Å². The van der Waals surface area contributed by atoms with Crippen molar-refractivity contribution in [3.8, 4) is 5.75 Å². The van der Waals surface area contributed by atoms with Crippen molar-refractivity contribution in [2.75, 3.05) is 20.1 Å². The zero-order chi connectivity index (χ0) is 16.5.